The van der Waals surface area contributed by atoms with Crippen LogP contribution in [0.4, 0.5) is 0 Å². The van der Waals surface area contributed by atoms with Crippen LogP contribution in [-0.2, 0) is 0 Å². The average Bonchev–Trinajstić information content (AvgIpc) is 2.29. The number of likely N-dealkylation sites (tertiary alicyclic amines) is 1. The Labute approximate surface area is 114 Å². The zero-order valence-electron chi connectivity index (χ0n) is 12.9. The summed E-state index contributed by atoms with van der Waals surface area (Å²) in [6, 6.07) is 0. The third-order valence-corrected chi connectivity index (χ3v) is 5.23. The molecule has 0 aromatic rings. The first-order valence-electron chi connectivity index (χ1n) is 7.82. The molecule has 2 heteroatoms. The molecule has 2 nitrogen and oxygen atoms in total. The predicted octanol–water partition coefficient (Wildman–Crippen LogP) is 3.13. The smallest absolute Gasteiger partial charge is 0.00363 e. The van der Waals surface area contributed by atoms with E-state index in [0.717, 1.165) is 5.92 Å². The monoisotopic (exact) mass is 252 g/mol. The largest absolute Gasteiger partial charge is 0.317 e. The molecule has 106 valence electrons. The van der Waals surface area contributed by atoms with Gasteiger partial charge < -0.3 is 10.2 Å². The van der Waals surface area contributed by atoms with Crippen LogP contribution in [0.5, 0.6) is 0 Å². The molecule has 0 unspecified atom stereocenters. The maximum absolute atomic E-state index is 3.49. The summed E-state index contributed by atoms with van der Waals surface area (Å²) in [5, 5.41) is 3.49. The van der Waals surface area contributed by atoms with Crippen LogP contribution in [0.25, 0.3) is 0 Å². The van der Waals surface area contributed by atoms with Gasteiger partial charge in [-0.1, -0.05) is 27.7 Å². The first kappa shape index (κ1) is 14.3. The van der Waals surface area contributed by atoms with Gasteiger partial charge in [0.05, 0.1) is 0 Å². The minimum Gasteiger partial charge on any atom is -0.317 e. The highest BCUT2D eigenvalue weighted by Gasteiger charge is 2.33. The molecule has 18 heavy (non-hydrogen) atoms. The van der Waals surface area contributed by atoms with Crippen LogP contribution in [0, 0.1) is 16.7 Å². The second-order valence-electron chi connectivity index (χ2n) is 7.98. The van der Waals surface area contributed by atoms with Gasteiger partial charge in [-0.05, 0) is 68.6 Å². The second kappa shape index (κ2) is 5.50. The van der Waals surface area contributed by atoms with E-state index in [1.807, 2.05) is 0 Å². The lowest BCUT2D eigenvalue weighted by Crippen LogP contribution is -2.46. The van der Waals surface area contributed by atoms with Crippen LogP contribution < -0.4 is 5.32 Å². The Balaban J connectivity index is 1.79. The van der Waals surface area contributed by atoms with E-state index < -0.39 is 0 Å². The quantitative estimate of drug-likeness (QED) is 0.812. The van der Waals surface area contributed by atoms with E-state index in [9.17, 15) is 0 Å². The highest BCUT2D eigenvalue weighted by Crippen LogP contribution is 2.36. The summed E-state index contributed by atoms with van der Waals surface area (Å²) >= 11 is 0. The second-order valence-corrected chi connectivity index (χ2v) is 7.98. The number of hydrogen-bond acceptors (Lipinski definition) is 2. The molecule has 0 spiro atoms. The molecule has 0 aromatic heterocycles. The number of rotatable bonds is 2. The first-order chi connectivity index (χ1) is 8.39. The van der Waals surface area contributed by atoms with Crippen molar-refractivity contribution in [2.75, 3.05) is 32.7 Å². The summed E-state index contributed by atoms with van der Waals surface area (Å²) in [5.41, 5.74) is 1.07. The van der Waals surface area contributed by atoms with Gasteiger partial charge in [-0.3, -0.25) is 0 Å². The molecule has 2 saturated heterocycles. The summed E-state index contributed by atoms with van der Waals surface area (Å²) < 4.78 is 0. The van der Waals surface area contributed by atoms with Crippen molar-refractivity contribution in [3.05, 3.63) is 0 Å². The molecule has 2 rings (SSSR count). The van der Waals surface area contributed by atoms with Crippen LogP contribution in [0.2, 0.25) is 0 Å². The molecule has 2 heterocycles. The third-order valence-electron chi connectivity index (χ3n) is 5.23. The van der Waals surface area contributed by atoms with Gasteiger partial charge >= 0.3 is 0 Å². The summed E-state index contributed by atoms with van der Waals surface area (Å²) in [6.07, 6.45) is 5.51. The Morgan fingerprint density at radius 2 is 1.67 bits per heavy atom. The van der Waals surface area contributed by atoms with Crippen molar-refractivity contribution in [2.45, 2.75) is 53.4 Å². The Morgan fingerprint density at radius 3 is 2.17 bits per heavy atom. The number of piperidine rings is 2. The summed E-state index contributed by atoms with van der Waals surface area (Å²) in [4.78, 5) is 2.73. The lowest BCUT2D eigenvalue weighted by molar-refractivity contribution is 0.0674. The van der Waals surface area contributed by atoms with E-state index in [1.54, 1.807) is 0 Å². The van der Waals surface area contributed by atoms with Crippen molar-refractivity contribution >= 4 is 0 Å². The fraction of sp³-hybridized carbons (Fsp3) is 1.00. The molecular formula is C16H32N2. The maximum atomic E-state index is 3.49. The van der Waals surface area contributed by atoms with Crippen LogP contribution in [0.3, 0.4) is 0 Å². The van der Waals surface area contributed by atoms with Crippen molar-refractivity contribution in [1.29, 1.82) is 0 Å². The Kier molecular flexibility index (Phi) is 4.38. The maximum Gasteiger partial charge on any atom is 0.00363 e. The van der Waals surface area contributed by atoms with Gasteiger partial charge in [0.1, 0.15) is 0 Å². The first-order valence-corrected chi connectivity index (χ1v) is 7.82. The van der Waals surface area contributed by atoms with Crippen molar-refractivity contribution < 1.29 is 0 Å². The lowest BCUT2D eigenvalue weighted by atomic mass is 9.74. The Morgan fingerprint density at radius 1 is 1.11 bits per heavy atom. The molecule has 0 radical (unpaired) electrons. The van der Waals surface area contributed by atoms with Gasteiger partial charge in [0, 0.05) is 6.54 Å². The van der Waals surface area contributed by atoms with Crippen molar-refractivity contribution in [3.63, 3.8) is 0 Å². The van der Waals surface area contributed by atoms with Gasteiger partial charge in [-0.2, -0.15) is 0 Å². The minimum absolute atomic E-state index is 0.505. The topological polar surface area (TPSA) is 15.3 Å². The van der Waals surface area contributed by atoms with E-state index in [-0.39, 0.29) is 0 Å². The standard InChI is InChI=1S/C16H32N2/c1-15(2,3)14-5-11-18(12-6-14)13-16(4)7-9-17-10-8-16/h14,17H,5-13H2,1-4H3. The average molecular weight is 252 g/mol. The van der Waals surface area contributed by atoms with E-state index in [0.29, 0.717) is 10.8 Å². The molecule has 1 N–H and O–H groups in total. The van der Waals surface area contributed by atoms with E-state index in [2.05, 4.69) is 37.9 Å². The molecule has 2 aliphatic rings. The number of hydrogen-bond donors (Lipinski definition) is 1. The molecule has 0 atom stereocenters. The van der Waals surface area contributed by atoms with Gasteiger partial charge in [-0.25, -0.2) is 0 Å². The number of nitrogens with zero attached hydrogens (tertiary/aromatic N) is 1. The van der Waals surface area contributed by atoms with Crippen molar-refractivity contribution in [2.24, 2.45) is 16.7 Å². The highest BCUT2D eigenvalue weighted by molar-refractivity contribution is 4.87. The fourth-order valence-corrected chi connectivity index (χ4v) is 3.69. The zero-order chi connectivity index (χ0) is 13.2. The third kappa shape index (κ3) is 3.71. The normalized spacial score (nSPS) is 27.3. The predicted molar refractivity (Wildman–Crippen MR) is 78.8 cm³/mol. The molecule has 2 aliphatic heterocycles. The van der Waals surface area contributed by atoms with E-state index >= 15 is 0 Å². The van der Waals surface area contributed by atoms with Crippen LogP contribution >= 0.6 is 0 Å². The van der Waals surface area contributed by atoms with Gasteiger partial charge in [0.2, 0.25) is 0 Å². The van der Waals surface area contributed by atoms with Gasteiger partial charge in [-0.15, -0.1) is 0 Å². The summed E-state index contributed by atoms with van der Waals surface area (Å²) in [5.74, 6) is 0.926. The number of nitrogens with one attached hydrogen (secondary N) is 1. The Bertz CT molecular complexity index is 253. The van der Waals surface area contributed by atoms with Crippen LogP contribution in [-0.4, -0.2) is 37.6 Å². The van der Waals surface area contributed by atoms with E-state index in [1.165, 1.54) is 58.4 Å². The lowest BCUT2D eigenvalue weighted by Gasteiger charge is -2.43. The highest BCUT2D eigenvalue weighted by atomic mass is 15.1. The molecule has 0 saturated carbocycles. The summed E-state index contributed by atoms with van der Waals surface area (Å²) in [6.45, 7) is 16.1. The molecule has 2 fully saturated rings. The van der Waals surface area contributed by atoms with Crippen LogP contribution in [0.15, 0.2) is 0 Å². The molecular weight excluding hydrogens is 220 g/mol. The molecule has 0 aliphatic carbocycles. The van der Waals surface area contributed by atoms with Crippen LogP contribution in [0.1, 0.15) is 53.4 Å². The molecule has 0 aromatic carbocycles. The minimum atomic E-state index is 0.505. The Hall–Kier alpha value is -0.0800. The zero-order valence-corrected chi connectivity index (χ0v) is 12.9. The SMILES string of the molecule is CC1(CN2CCC(C(C)(C)C)CC2)CCNCC1. The van der Waals surface area contributed by atoms with Gasteiger partial charge in [0.15, 0.2) is 0 Å². The van der Waals surface area contributed by atoms with E-state index in [4.69, 9.17) is 0 Å². The summed E-state index contributed by atoms with van der Waals surface area (Å²) in [7, 11) is 0. The molecule has 0 amide bonds. The molecule has 0 bridgehead atoms. The fourth-order valence-electron chi connectivity index (χ4n) is 3.69. The van der Waals surface area contributed by atoms with Crippen molar-refractivity contribution in [1.82, 2.24) is 10.2 Å². The van der Waals surface area contributed by atoms with Crippen molar-refractivity contribution in [3.8, 4) is 0 Å². The van der Waals surface area contributed by atoms with Gasteiger partial charge in [0.25, 0.3) is 0 Å².